The number of esters is 1. The van der Waals surface area contributed by atoms with Crippen molar-refractivity contribution in [2.75, 3.05) is 11.9 Å². The molecule has 7 nitrogen and oxygen atoms in total. The Balaban J connectivity index is 1.33. The van der Waals surface area contributed by atoms with Crippen molar-refractivity contribution < 1.29 is 23.9 Å². The maximum atomic E-state index is 12.5. The van der Waals surface area contributed by atoms with Crippen LogP contribution >= 0.6 is 15.9 Å². The van der Waals surface area contributed by atoms with Gasteiger partial charge in [-0.2, -0.15) is 0 Å². The molecule has 0 aliphatic carbocycles. The number of amides is 3. The van der Waals surface area contributed by atoms with Crippen LogP contribution in [-0.4, -0.2) is 35.2 Å². The summed E-state index contributed by atoms with van der Waals surface area (Å²) in [5.74, 6) is -1.80. The molecule has 0 fully saturated rings. The van der Waals surface area contributed by atoms with Crippen LogP contribution in [0.15, 0.2) is 77.3 Å². The van der Waals surface area contributed by atoms with Crippen molar-refractivity contribution in [1.82, 2.24) is 4.90 Å². The van der Waals surface area contributed by atoms with E-state index in [0.29, 0.717) is 26.9 Å². The summed E-state index contributed by atoms with van der Waals surface area (Å²) in [4.78, 5) is 50.4. The lowest BCUT2D eigenvalue weighted by molar-refractivity contribution is -0.119. The Kier molecular flexibility index (Phi) is 6.13. The highest BCUT2D eigenvalue weighted by molar-refractivity contribution is 9.10. The molecule has 0 saturated carbocycles. The van der Waals surface area contributed by atoms with Gasteiger partial charge in [0.2, 0.25) is 0 Å². The SMILES string of the molecule is O=C(COC(=O)c1ccc(CN2C(=O)c3ccccc3C2=O)cc1)Nc1ccccc1Br. The number of nitrogens with one attached hydrogen (secondary N) is 1. The average Bonchev–Trinajstić information content (AvgIpc) is 3.04. The van der Waals surface area contributed by atoms with E-state index < -0.39 is 18.5 Å². The fourth-order valence-corrected chi connectivity index (χ4v) is 3.66. The Morgan fingerprint density at radius 2 is 1.44 bits per heavy atom. The lowest BCUT2D eigenvalue weighted by Crippen LogP contribution is -2.29. The van der Waals surface area contributed by atoms with Gasteiger partial charge < -0.3 is 10.1 Å². The molecule has 0 atom stereocenters. The fourth-order valence-electron chi connectivity index (χ4n) is 3.27. The van der Waals surface area contributed by atoms with Crippen LogP contribution in [0.3, 0.4) is 0 Å². The molecule has 0 radical (unpaired) electrons. The molecule has 1 aliphatic heterocycles. The van der Waals surface area contributed by atoms with E-state index in [1.165, 1.54) is 17.0 Å². The zero-order chi connectivity index (χ0) is 22.7. The van der Waals surface area contributed by atoms with Crippen LogP contribution in [0.4, 0.5) is 5.69 Å². The predicted octanol–water partition coefficient (Wildman–Crippen LogP) is 4.04. The van der Waals surface area contributed by atoms with Crippen LogP contribution in [0.5, 0.6) is 0 Å². The van der Waals surface area contributed by atoms with Crippen LogP contribution in [0.1, 0.15) is 36.6 Å². The molecule has 3 aromatic rings. The molecule has 0 saturated heterocycles. The third-order valence-corrected chi connectivity index (χ3v) is 5.58. The molecule has 32 heavy (non-hydrogen) atoms. The summed E-state index contributed by atoms with van der Waals surface area (Å²) in [5.41, 5.74) is 2.29. The van der Waals surface area contributed by atoms with Gasteiger partial charge in [0.25, 0.3) is 17.7 Å². The van der Waals surface area contributed by atoms with E-state index in [2.05, 4.69) is 21.2 Å². The van der Waals surface area contributed by atoms with Crippen molar-refractivity contribution in [3.8, 4) is 0 Å². The molecule has 0 unspecified atom stereocenters. The number of para-hydroxylation sites is 1. The Hall–Kier alpha value is -3.78. The van der Waals surface area contributed by atoms with Crippen molar-refractivity contribution in [2.24, 2.45) is 0 Å². The number of anilines is 1. The highest BCUT2D eigenvalue weighted by atomic mass is 79.9. The van der Waals surface area contributed by atoms with E-state index in [1.807, 2.05) is 6.07 Å². The number of benzene rings is 3. The second kappa shape index (κ2) is 9.15. The Morgan fingerprint density at radius 1 is 0.844 bits per heavy atom. The second-order valence-corrected chi connectivity index (χ2v) is 7.90. The summed E-state index contributed by atoms with van der Waals surface area (Å²) >= 11 is 3.33. The molecule has 1 heterocycles. The minimum absolute atomic E-state index is 0.0933. The molecule has 8 heteroatoms. The molecule has 1 aliphatic rings. The first kappa shape index (κ1) is 21.5. The minimum Gasteiger partial charge on any atom is -0.452 e. The van der Waals surface area contributed by atoms with Gasteiger partial charge >= 0.3 is 5.97 Å². The summed E-state index contributed by atoms with van der Waals surface area (Å²) < 4.78 is 5.78. The van der Waals surface area contributed by atoms with Gasteiger partial charge in [-0.3, -0.25) is 19.3 Å². The zero-order valence-electron chi connectivity index (χ0n) is 16.7. The number of ether oxygens (including phenoxy) is 1. The Labute approximate surface area is 192 Å². The predicted molar refractivity (Wildman–Crippen MR) is 120 cm³/mol. The largest absolute Gasteiger partial charge is 0.452 e. The molecule has 0 bridgehead atoms. The third kappa shape index (κ3) is 4.45. The topological polar surface area (TPSA) is 92.8 Å². The standard InChI is InChI=1S/C24H17BrN2O5/c25-19-7-3-4-8-20(19)26-21(28)14-32-24(31)16-11-9-15(10-12-16)13-27-22(29)17-5-1-2-6-18(17)23(27)30/h1-12H,13-14H2,(H,26,28). The van der Waals surface area contributed by atoms with Gasteiger partial charge in [0.15, 0.2) is 6.61 Å². The minimum atomic E-state index is -0.653. The van der Waals surface area contributed by atoms with E-state index in [9.17, 15) is 19.2 Å². The van der Waals surface area contributed by atoms with Crippen LogP contribution in [0.25, 0.3) is 0 Å². The zero-order valence-corrected chi connectivity index (χ0v) is 18.3. The van der Waals surface area contributed by atoms with Gasteiger partial charge in [-0.1, -0.05) is 36.4 Å². The number of hydrogen-bond acceptors (Lipinski definition) is 5. The smallest absolute Gasteiger partial charge is 0.338 e. The first-order valence-corrected chi connectivity index (χ1v) is 10.5. The van der Waals surface area contributed by atoms with Gasteiger partial charge in [0.05, 0.1) is 28.9 Å². The first-order chi connectivity index (χ1) is 15.4. The lowest BCUT2D eigenvalue weighted by Gasteiger charge is -2.14. The average molecular weight is 493 g/mol. The van der Waals surface area contributed by atoms with Gasteiger partial charge in [-0.15, -0.1) is 0 Å². The van der Waals surface area contributed by atoms with E-state index in [0.717, 1.165) is 0 Å². The number of rotatable bonds is 6. The Bertz CT molecular complexity index is 1190. The lowest BCUT2D eigenvalue weighted by atomic mass is 10.1. The molecule has 160 valence electrons. The van der Waals surface area contributed by atoms with Crippen molar-refractivity contribution >= 4 is 45.3 Å². The van der Waals surface area contributed by atoms with Crippen LogP contribution in [0, 0.1) is 0 Å². The van der Waals surface area contributed by atoms with Crippen molar-refractivity contribution in [3.63, 3.8) is 0 Å². The molecule has 3 amide bonds. The number of hydrogen-bond donors (Lipinski definition) is 1. The van der Waals surface area contributed by atoms with Crippen LogP contribution in [-0.2, 0) is 16.1 Å². The van der Waals surface area contributed by atoms with E-state index >= 15 is 0 Å². The number of fused-ring (bicyclic) bond motifs is 1. The van der Waals surface area contributed by atoms with Gasteiger partial charge in [0.1, 0.15) is 0 Å². The van der Waals surface area contributed by atoms with Gasteiger partial charge in [-0.05, 0) is 57.9 Å². The maximum absolute atomic E-state index is 12.5. The van der Waals surface area contributed by atoms with Gasteiger partial charge in [0, 0.05) is 4.47 Å². The van der Waals surface area contributed by atoms with E-state index in [-0.39, 0.29) is 23.9 Å². The number of carbonyl (C=O) groups is 4. The highest BCUT2D eigenvalue weighted by Gasteiger charge is 2.34. The summed E-state index contributed by atoms with van der Waals surface area (Å²) in [5, 5.41) is 2.65. The normalized spacial score (nSPS) is 12.5. The Morgan fingerprint density at radius 3 is 2.06 bits per heavy atom. The van der Waals surface area contributed by atoms with Crippen LogP contribution in [0.2, 0.25) is 0 Å². The quantitative estimate of drug-likeness (QED) is 0.414. The molecule has 3 aromatic carbocycles. The summed E-state index contributed by atoms with van der Waals surface area (Å²) in [6.45, 7) is -0.340. The molecule has 4 rings (SSSR count). The van der Waals surface area contributed by atoms with E-state index in [4.69, 9.17) is 4.74 Å². The monoisotopic (exact) mass is 492 g/mol. The number of imide groups is 1. The molecular weight excluding hydrogens is 476 g/mol. The molecular formula is C24H17BrN2O5. The summed E-state index contributed by atoms with van der Waals surface area (Å²) in [6.07, 6.45) is 0. The molecule has 0 aromatic heterocycles. The number of halogens is 1. The molecule has 1 N–H and O–H groups in total. The number of carbonyl (C=O) groups excluding carboxylic acids is 4. The number of nitrogens with zero attached hydrogens (tertiary/aromatic N) is 1. The maximum Gasteiger partial charge on any atom is 0.338 e. The van der Waals surface area contributed by atoms with Crippen LogP contribution < -0.4 is 5.32 Å². The second-order valence-electron chi connectivity index (χ2n) is 7.04. The van der Waals surface area contributed by atoms with Crippen molar-refractivity contribution in [2.45, 2.75) is 6.54 Å². The van der Waals surface area contributed by atoms with Crippen molar-refractivity contribution in [3.05, 3.63) is 99.5 Å². The summed E-state index contributed by atoms with van der Waals surface area (Å²) in [6, 6.07) is 20.1. The first-order valence-electron chi connectivity index (χ1n) is 9.69. The van der Waals surface area contributed by atoms with Crippen molar-refractivity contribution in [1.29, 1.82) is 0 Å². The third-order valence-electron chi connectivity index (χ3n) is 4.89. The van der Waals surface area contributed by atoms with E-state index in [1.54, 1.807) is 54.6 Å². The highest BCUT2D eigenvalue weighted by Crippen LogP contribution is 2.24. The summed E-state index contributed by atoms with van der Waals surface area (Å²) in [7, 11) is 0. The molecule has 0 spiro atoms. The fraction of sp³-hybridized carbons (Fsp3) is 0.0833. The van der Waals surface area contributed by atoms with Gasteiger partial charge in [-0.25, -0.2) is 4.79 Å².